The maximum Gasteiger partial charge on any atom is 0.334 e. The Bertz CT molecular complexity index is 1210. The lowest BCUT2D eigenvalue weighted by Gasteiger charge is -2.21. The molecule has 0 fully saturated rings. The summed E-state index contributed by atoms with van der Waals surface area (Å²) in [6.45, 7) is 3.87. The van der Waals surface area contributed by atoms with Gasteiger partial charge in [0.15, 0.2) is 11.5 Å². The zero-order valence-electron chi connectivity index (χ0n) is 19.7. The van der Waals surface area contributed by atoms with Crippen molar-refractivity contribution in [3.63, 3.8) is 0 Å². The number of benzene rings is 2. The molecule has 0 saturated carbocycles. The van der Waals surface area contributed by atoms with Crippen molar-refractivity contribution in [1.29, 1.82) is 5.26 Å². The molecule has 35 heavy (non-hydrogen) atoms. The van der Waals surface area contributed by atoms with E-state index < -0.39 is 29.7 Å². The maximum absolute atomic E-state index is 12.8. The van der Waals surface area contributed by atoms with Gasteiger partial charge in [-0.25, -0.2) is 4.79 Å². The summed E-state index contributed by atoms with van der Waals surface area (Å²) in [4.78, 5) is 51.2. The third-order valence-corrected chi connectivity index (χ3v) is 5.44. The number of esters is 1. The highest BCUT2D eigenvalue weighted by atomic mass is 16.6. The number of imide groups is 1. The van der Waals surface area contributed by atoms with E-state index >= 15 is 0 Å². The number of hydrogen-bond donors (Lipinski definition) is 1. The van der Waals surface area contributed by atoms with Crippen LogP contribution in [0.2, 0.25) is 0 Å². The van der Waals surface area contributed by atoms with E-state index in [2.05, 4.69) is 5.32 Å². The van der Waals surface area contributed by atoms with Crippen LogP contribution in [0.25, 0.3) is 6.08 Å². The van der Waals surface area contributed by atoms with Crippen LogP contribution in [-0.2, 0) is 9.59 Å². The Morgan fingerprint density at radius 2 is 1.77 bits per heavy atom. The molecular weight excluding hydrogens is 450 g/mol. The van der Waals surface area contributed by atoms with Crippen LogP contribution in [0.5, 0.6) is 11.5 Å². The van der Waals surface area contributed by atoms with E-state index in [1.807, 2.05) is 13.0 Å². The van der Waals surface area contributed by atoms with E-state index in [1.165, 1.54) is 44.4 Å². The van der Waals surface area contributed by atoms with Gasteiger partial charge in [0.05, 0.1) is 18.2 Å². The zero-order valence-corrected chi connectivity index (χ0v) is 19.7. The lowest BCUT2D eigenvalue weighted by Crippen LogP contribution is -2.44. The molecule has 2 aromatic rings. The second kappa shape index (κ2) is 11.1. The smallest absolute Gasteiger partial charge is 0.334 e. The van der Waals surface area contributed by atoms with Gasteiger partial charge < -0.3 is 14.8 Å². The summed E-state index contributed by atoms with van der Waals surface area (Å²) in [6, 6.07) is 11.5. The van der Waals surface area contributed by atoms with Crippen LogP contribution < -0.4 is 14.8 Å². The molecule has 0 aromatic heterocycles. The van der Waals surface area contributed by atoms with Gasteiger partial charge in [0.1, 0.15) is 17.7 Å². The fourth-order valence-corrected chi connectivity index (χ4v) is 3.51. The second-order valence-corrected chi connectivity index (χ2v) is 7.81. The van der Waals surface area contributed by atoms with Gasteiger partial charge in [-0.2, -0.15) is 5.26 Å². The van der Waals surface area contributed by atoms with Gasteiger partial charge >= 0.3 is 5.97 Å². The third-order valence-electron chi connectivity index (χ3n) is 5.44. The maximum atomic E-state index is 12.8. The highest BCUT2D eigenvalue weighted by Gasteiger charge is 2.41. The Labute approximate surface area is 202 Å². The molecule has 9 heteroatoms. The molecule has 1 unspecified atom stereocenters. The minimum Gasteiger partial charge on any atom is -0.493 e. The van der Waals surface area contributed by atoms with E-state index in [1.54, 1.807) is 18.2 Å². The molecule has 1 aliphatic rings. The Kier molecular flexibility index (Phi) is 8.00. The Balaban J connectivity index is 1.76. The van der Waals surface area contributed by atoms with Crippen LogP contribution in [0.1, 0.15) is 53.0 Å². The number of rotatable bonds is 9. The molecule has 1 heterocycles. The van der Waals surface area contributed by atoms with Crippen LogP contribution in [0.3, 0.4) is 0 Å². The number of nitriles is 1. The number of nitrogens with one attached hydrogen (secondary N) is 1. The standard InChI is InChI=1S/C26H25N3O6/c1-4-5-12-28-23(30)18(15-27)13-17-10-11-21(22(14-17)34-3)35-26(33)16(2)29-24(31)19-8-6-7-9-20(19)25(29)32/h6-11,13-14,16H,4-5,12H2,1-3H3,(H,28,30)/b18-13+. The van der Waals surface area contributed by atoms with Crippen molar-refractivity contribution in [2.24, 2.45) is 0 Å². The molecule has 0 radical (unpaired) electrons. The topological polar surface area (TPSA) is 126 Å². The first-order valence-corrected chi connectivity index (χ1v) is 11.1. The zero-order chi connectivity index (χ0) is 25.5. The molecule has 9 nitrogen and oxygen atoms in total. The molecule has 3 rings (SSSR count). The third kappa shape index (κ3) is 5.38. The van der Waals surface area contributed by atoms with Gasteiger partial charge in [0, 0.05) is 6.54 Å². The van der Waals surface area contributed by atoms with Crippen LogP contribution in [-0.4, -0.2) is 48.3 Å². The lowest BCUT2D eigenvalue weighted by molar-refractivity contribution is -0.138. The van der Waals surface area contributed by atoms with Gasteiger partial charge in [-0.05, 0) is 49.2 Å². The van der Waals surface area contributed by atoms with Gasteiger partial charge in [-0.1, -0.05) is 31.5 Å². The lowest BCUT2D eigenvalue weighted by atomic mass is 10.1. The largest absolute Gasteiger partial charge is 0.493 e. The summed E-state index contributed by atoms with van der Waals surface area (Å²) in [5.41, 5.74) is 0.875. The van der Waals surface area contributed by atoms with Crippen molar-refractivity contribution in [3.8, 4) is 17.6 Å². The SMILES string of the molecule is CCCCNC(=O)/C(C#N)=C/c1ccc(OC(=O)C(C)N2C(=O)c3ccccc3C2=O)c(OC)c1. The van der Waals surface area contributed by atoms with Crippen LogP contribution >= 0.6 is 0 Å². The molecule has 0 aliphatic carbocycles. The fraction of sp³-hybridized carbons (Fsp3) is 0.269. The van der Waals surface area contributed by atoms with Gasteiger partial charge in [-0.15, -0.1) is 0 Å². The minimum atomic E-state index is -1.18. The van der Waals surface area contributed by atoms with Crippen LogP contribution in [0, 0.1) is 11.3 Å². The van der Waals surface area contributed by atoms with Crippen molar-refractivity contribution < 1.29 is 28.7 Å². The highest BCUT2D eigenvalue weighted by Crippen LogP contribution is 2.31. The summed E-state index contributed by atoms with van der Waals surface area (Å²) in [7, 11) is 1.37. The summed E-state index contributed by atoms with van der Waals surface area (Å²) in [5.74, 6) is -2.21. The number of amides is 3. The number of fused-ring (bicyclic) bond motifs is 1. The Hall–Kier alpha value is -4.45. The summed E-state index contributed by atoms with van der Waals surface area (Å²) >= 11 is 0. The Morgan fingerprint density at radius 3 is 2.34 bits per heavy atom. The van der Waals surface area contributed by atoms with Crippen LogP contribution in [0.15, 0.2) is 48.0 Å². The van der Waals surface area contributed by atoms with Crippen molar-refractivity contribution in [2.45, 2.75) is 32.7 Å². The number of ether oxygens (including phenoxy) is 2. The first kappa shape index (κ1) is 25.2. The first-order valence-electron chi connectivity index (χ1n) is 11.1. The summed E-state index contributed by atoms with van der Waals surface area (Å²) < 4.78 is 10.7. The number of carbonyl (C=O) groups is 4. The van der Waals surface area contributed by atoms with Gasteiger partial charge in [0.2, 0.25) is 0 Å². The number of carbonyl (C=O) groups excluding carboxylic acids is 4. The normalized spacial score (nSPS) is 13.7. The van der Waals surface area contributed by atoms with Crippen molar-refractivity contribution in [3.05, 3.63) is 64.7 Å². The number of nitrogens with zero attached hydrogens (tertiary/aromatic N) is 2. The molecule has 1 aliphatic heterocycles. The van der Waals surface area contributed by atoms with E-state index in [-0.39, 0.29) is 28.2 Å². The highest BCUT2D eigenvalue weighted by molar-refractivity contribution is 6.22. The number of unbranched alkanes of at least 4 members (excludes halogenated alkanes) is 1. The van der Waals surface area contributed by atoms with E-state index in [0.717, 1.165) is 17.7 Å². The molecule has 0 spiro atoms. The molecule has 2 aromatic carbocycles. The molecule has 3 amide bonds. The molecule has 1 atom stereocenters. The van der Waals surface area contributed by atoms with E-state index in [9.17, 15) is 24.4 Å². The average Bonchev–Trinajstić information content (AvgIpc) is 3.12. The average molecular weight is 476 g/mol. The van der Waals surface area contributed by atoms with Gasteiger partial charge in [0.25, 0.3) is 17.7 Å². The van der Waals surface area contributed by atoms with Crippen molar-refractivity contribution in [2.75, 3.05) is 13.7 Å². The monoisotopic (exact) mass is 475 g/mol. The van der Waals surface area contributed by atoms with Crippen molar-refractivity contribution in [1.82, 2.24) is 10.2 Å². The summed E-state index contributed by atoms with van der Waals surface area (Å²) in [6.07, 6.45) is 3.11. The van der Waals surface area contributed by atoms with E-state index in [0.29, 0.717) is 12.1 Å². The quantitative estimate of drug-likeness (QED) is 0.147. The first-order chi connectivity index (χ1) is 16.8. The number of hydrogen-bond acceptors (Lipinski definition) is 7. The predicted molar refractivity (Wildman–Crippen MR) is 127 cm³/mol. The van der Waals surface area contributed by atoms with Crippen molar-refractivity contribution >= 4 is 29.8 Å². The molecular formula is C26H25N3O6. The minimum absolute atomic E-state index is 0.0593. The number of methoxy groups -OCH3 is 1. The molecule has 0 bridgehead atoms. The fourth-order valence-electron chi connectivity index (χ4n) is 3.51. The molecule has 180 valence electrons. The summed E-state index contributed by atoms with van der Waals surface area (Å²) in [5, 5.41) is 12.0. The Morgan fingerprint density at radius 1 is 1.11 bits per heavy atom. The van der Waals surface area contributed by atoms with Crippen LogP contribution in [0.4, 0.5) is 0 Å². The van der Waals surface area contributed by atoms with E-state index in [4.69, 9.17) is 9.47 Å². The molecule has 0 saturated heterocycles. The molecule has 1 N–H and O–H groups in total. The predicted octanol–water partition coefficient (Wildman–Crippen LogP) is 3.11. The second-order valence-electron chi connectivity index (χ2n) is 7.81. The van der Waals surface area contributed by atoms with Gasteiger partial charge in [-0.3, -0.25) is 19.3 Å².